The molecule has 1 aliphatic rings. The fraction of sp³-hybridized carbons (Fsp3) is 0.533. The average molecular weight is 248 g/mol. The summed E-state index contributed by atoms with van der Waals surface area (Å²) in [5, 5.41) is 6.74. The first kappa shape index (κ1) is 13.1. The number of halogens is 1. The molecule has 0 bridgehead atoms. The van der Waals surface area contributed by atoms with Crippen molar-refractivity contribution in [1.82, 2.24) is 5.01 Å². The molecule has 1 heterocycles. The summed E-state index contributed by atoms with van der Waals surface area (Å²) in [5.74, 6) is 0.235. The Hall–Kier alpha value is -1.38. The highest BCUT2D eigenvalue weighted by Gasteiger charge is 2.38. The fourth-order valence-corrected chi connectivity index (χ4v) is 2.30. The van der Waals surface area contributed by atoms with Crippen LogP contribution >= 0.6 is 0 Å². The molecule has 0 aliphatic carbocycles. The summed E-state index contributed by atoms with van der Waals surface area (Å²) in [6, 6.07) is 7.29. The van der Waals surface area contributed by atoms with Gasteiger partial charge in [0.25, 0.3) is 0 Å². The normalized spacial score (nSPS) is 21.0. The number of hydrogen-bond donors (Lipinski definition) is 0. The third-order valence-electron chi connectivity index (χ3n) is 3.51. The fourth-order valence-electron chi connectivity index (χ4n) is 2.30. The van der Waals surface area contributed by atoms with Crippen LogP contribution in [-0.4, -0.2) is 23.3 Å². The molecule has 1 saturated heterocycles. The topological polar surface area (TPSA) is 15.4 Å². The second kappa shape index (κ2) is 5.51. The standard InChI is InChI=1S/C15H21FN2/c1-4-5-11(2)17-18-10-15(18)12(3)13-6-8-14(16)9-7-13/h6-9,12,15H,4-5,10H2,1-3H3/b17-11+. The lowest BCUT2D eigenvalue weighted by atomic mass is 9.98. The smallest absolute Gasteiger partial charge is 0.123 e. The van der Waals surface area contributed by atoms with Crippen LogP contribution < -0.4 is 0 Å². The minimum atomic E-state index is -0.171. The Bertz CT molecular complexity index is 425. The van der Waals surface area contributed by atoms with Gasteiger partial charge in [-0.05, 0) is 31.0 Å². The number of hydrazone groups is 1. The Morgan fingerprint density at radius 1 is 1.44 bits per heavy atom. The Labute approximate surface area is 109 Å². The molecule has 98 valence electrons. The highest BCUT2D eigenvalue weighted by molar-refractivity contribution is 5.81. The van der Waals surface area contributed by atoms with Crippen molar-refractivity contribution >= 4 is 5.71 Å². The van der Waals surface area contributed by atoms with Crippen molar-refractivity contribution in [1.29, 1.82) is 0 Å². The summed E-state index contributed by atoms with van der Waals surface area (Å²) in [6.07, 6.45) is 2.20. The summed E-state index contributed by atoms with van der Waals surface area (Å²) in [4.78, 5) is 0. The number of rotatable bonds is 5. The van der Waals surface area contributed by atoms with E-state index in [0.717, 1.165) is 19.4 Å². The van der Waals surface area contributed by atoms with Gasteiger partial charge in [-0.25, -0.2) is 4.39 Å². The minimum absolute atomic E-state index is 0.171. The lowest BCUT2D eigenvalue weighted by Crippen LogP contribution is -2.07. The van der Waals surface area contributed by atoms with Gasteiger partial charge in [0, 0.05) is 11.6 Å². The predicted molar refractivity (Wildman–Crippen MR) is 73.3 cm³/mol. The molecule has 0 aromatic heterocycles. The van der Waals surface area contributed by atoms with E-state index in [1.54, 1.807) is 0 Å². The second-order valence-corrected chi connectivity index (χ2v) is 5.11. The summed E-state index contributed by atoms with van der Waals surface area (Å²) < 4.78 is 12.9. The third kappa shape index (κ3) is 3.09. The molecule has 2 rings (SSSR count). The van der Waals surface area contributed by atoms with Crippen LogP contribution in [0.25, 0.3) is 0 Å². The molecule has 1 aromatic carbocycles. The maximum atomic E-state index is 12.9. The van der Waals surface area contributed by atoms with E-state index in [0.29, 0.717) is 12.0 Å². The van der Waals surface area contributed by atoms with Gasteiger partial charge in [0.2, 0.25) is 0 Å². The van der Waals surface area contributed by atoms with Crippen LogP contribution in [0.1, 0.15) is 45.1 Å². The van der Waals surface area contributed by atoms with E-state index in [1.165, 1.54) is 23.4 Å². The van der Waals surface area contributed by atoms with Gasteiger partial charge in [0.15, 0.2) is 0 Å². The van der Waals surface area contributed by atoms with Crippen LogP contribution in [0, 0.1) is 5.82 Å². The Morgan fingerprint density at radius 2 is 2.11 bits per heavy atom. The zero-order valence-corrected chi connectivity index (χ0v) is 11.4. The van der Waals surface area contributed by atoms with Crippen LogP contribution in [0.4, 0.5) is 4.39 Å². The lowest BCUT2D eigenvalue weighted by Gasteiger charge is -2.11. The van der Waals surface area contributed by atoms with Crippen LogP contribution in [0.5, 0.6) is 0 Å². The molecule has 2 atom stereocenters. The minimum Gasteiger partial charge on any atom is -0.289 e. The SMILES string of the molecule is CCC/C(C)=N/N1CC1C(C)c1ccc(F)cc1. The summed E-state index contributed by atoms with van der Waals surface area (Å²) in [6.45, 7) is 7.45. The van der Waals surface area contributed by atoms with E-state index in [4.69, 9.17) is 0 Å². The Balaban J connectivity index is 1.95. The summed E-state index contributed by atoms with van der Waals surface area (Å²) >= 11 is 0. The predicted octanol–water partition coefficient (Wildman–Crippen LogP) is 3.79. The number of hydrogen-bond acceptors (Lipinski definition) is 2. The molecule has 1 aliphatic heterocycles. The second-order valence-electron chi connectivity index (χ2n) is 5.11. The van der Waals surface area contributed by atoms with E-state index in [2.05, 4.69) is 30.9 Å². The van der Waals surface area contributed by atoms with Crippen molar-refractivity contribution < 1.29 is 4.39 Å². The summed E-state index contributed by atoms with van der Waals surface area (Å²) in [7, 11) is 0. The largest absolute Gasteiger partial charge is 0.289 e. The van der Waals surface area contributed by atoms with Gasteiger partial charge in [-0.3, -0.25) is 5.01 Å². The first-order valence-corrected chi connectivity index (χ1v) is 6.68. The third-order valence-corrected chi connectivity index (χ3v) is 3.51. The van der Waals surface area contributed by atoms with Crippen molar-refractivity contribution in [2.75, 3.05) is 6.54 Å². The molecule has 18 heavy (non-hydrogen) atoms. The zero-order chi connectivity index (χ0) is 13.1. The maximum absolute atomic E-state index is 12.9. The monoisotopic (exact) mass is 248 g/mol. The molecule has 0 spiro atoms. The van der Waals surface area contributed by atoms with Crippen LogP contribution in [0.3, 0.4) is 0 Å². The molecule has 0 N–H and O–H groups in total. The van der Waals surface area contributed by atoms with Gasteiger partial charge in [-0.2, -0.15) is 5.10 Å². The lowest BCUT2D eigenvalue weighted by molar-refractivity contribution is 0.502. The first-order chi connectivity index (χ1) is 8.61. The van der Waals surface area contributed by atoms with Crippen molar-refractivity contribution in [2.24, 2.45) is 5.10 Å². The van der Waals surface area contributed by atoms with Crippen LogP contribution in [0.15, 0.2) is 29.4 Å². The van der Waals surface area contributed by atoms with Crippen molar-refractivity contribution in [2.45, 2.75) is 45.6 Å². The van der Waals surface area contributed by atoms with E-state index >= 15 is 0 Å². The Morgan fingerprint density at radius 3 is 2.72 bits per heavy atom. The van der Waals surface area contributed by atoms with Gasteiger partial charge in [-0.15, -0.1) is 0 Å². The van der Waals surface area contributed by atoms with E-state index < -0.39 is 0 Å². The maximum Gasteiger partial charge on any atom is 0.123 e. The Kier molecular flexibility index (Phi) is 4.00. The van der Waals surface area contributed by atoms with Gasteiger partial charge >= 0.3 is 0 Å². The van der Waals surface area contributed by atoms with Gasteiger partial charge in [0.05, 0.1) is 12.6 Å². The molecule has 2 nitrogen and oxygen atoms in total. The molecular formula is C15H21FN2. The van der Waals surface area contributed by atoms with E-state index in [-0.39, 0.29) is 5.82 Å². The average Bonchev–Trinajstić information content (AvgIpc) is 3.08. The van der Waals surface area contributed by atoms with Crippen molar-refractivity contribution in [3.63, 3.8) is 0 Å². The van der Waals surface area contributed by atoms with Crippen LogP contribution in [0.2, 0.25) is 0 Å². The molecule has 0 saturated carbocycles. The molecule has 3 heteroatoms. The van der Waals surface area contributed by atoms with Crippen LogP contribution in [-0.2, 0) is 0 Å². The van der Waals surface area contributed by atoms with Gasteiger partial charge in [-0.1, -0.05) is 32.4 Å². The van der Waals surface area contributed by atoms with Gasteiger partial charge in [0.1, 0.15) is 5.82 Å². The molecule has 0 amide bonds. The molecule has 1 fully saturated rings. The molecule has 0 radical (unpaired) electrons. The van der Waals surface area contributed by atoms with E-state index in [9.17, 15) is 4.39 Å². The van der Waals surface area contributed by atoms with Gasteiger partial charge < -0.3 is 0 Å². The van der Waals surface area contributed by atoms with Crippen molar-refractivity contribution in [3.8, 4) is 0 Å². The van der Waals surface area contributed by atoms with E-state index in [1.807, 2.05) is 12.1 Å². The highest BCUT2D eigenvalue weighted by Crippen LogP contribution is 2.33. The zero-order valence-electron chi connectivity index (χ0n) is 11.4. The quantitative estimate of drug-likeness (QED) is 0.571. The molecule has 1 aromatic rings. The van der Waals surface area contributed by atoms with Crippen molar-refractivity contribution in [3.05, 3.63) is 35.6 Å². The molecule has 2 unspecified atom stereocenters. The number of benzene rings is 1. The highest BCUT2D eigenvalue weighted by atomic mass is 19.1. The number of nitrogens with zero attached hydrogens (tertiary/aromatic N) is 2. The summed E-state index contributed by atoms with van der Waals surface area (Å²) in [5.41, 5.74) is 2.39. The first-order valence-electron chi connectivity index (χ1n) is 6.68. The molecular weight excluding hydrogens is 227 g/mol.